The molecule has 5 heteroatoms. The van der Waals surface area contributed by atoms with Crippen LogP contribution in [-0.4, -0.2) is 34.9 Å². The normalized spacial score (nSPS) is 27.4. The van der Waals surface area contributed by atoms with Crippen LogP contribution < -0.4 is 5.32 Å². The van der Waals surface area contributed by atoms with Crippen LogP contribution in [0.15, 0.2) is 18.3 Å². The van der Waals surface area contributed by atoms with E-state index in [0.717, 1.165) is 5.69 Å². The molecule has 2 rings (SSSR count). The first-order valence-electron chi connectivity index (χ1n) is 6.87. The van der Waals surface area contributed by atoms with Gasteiger partial charge >= 0.3 is 0 Å². The minimum absolute atomic E-state index is 0.0957. The third-order valence-corrected chi connectivity index (χ3v) is 4.36. The molecule has 0 unspecified atom stereocenters. The van der Waals surface area contributed by atoms with E-state index in [-0.39, 0.29) is 11.5 Å². The first kappa shape index (κ1) is 14.8. The number of nitriles is 1. The van der Waals surface area contributed by atoms with E-state index in [2.05, 4.69) is 10.3 Å². The van der Waals surface area contributed by atoms with E-state index < -0.39 is 5.60 Å². The summed E-state index contributed by atoms with van der Waals surface area (Å²) in [6, 6.07) is 5.42. The van der Waals surface area contributed by atoms with Gasteiger partial charge in [-0.2, -0.15) is 5.26 Å². The number of nitrogens with one attached hydrogen (secondary N) is 1. The first-order chi connectivity index (χ1) is 9.43. The molecule has 0 saturated heterocycles. The van der Waals surface area contributed by atoms with Crippen molar-refractivity contribution in [3.05, 3.63) is 24.0 Å². The van der Waals surface area contributed by atoms with Crippen molar-refractivity contribution in [2.45, 2.75) is 38.9 Å². The van der Waals surface area contributed by atoms with Crippen molar-refractivity contribution in [1.29, 1.82) is 5.26 Å². The first-order valence-corrected chi connectivity index (χ1v) is 6.87. The Kier molecular flexibility index (Phi) is 3.98. The molecule has 0 aliphatic heterocycles. The quantitative estimate of drug-likeness (QED) is 0.858. The molecule has 2 atom stereocenters. The van der Waals surface area contributed by atoms with Gasteiger partial charge in [0, 0.05) is 25.0 Å². The van der Waals surface area contributed by atoms with Gasteiger partial charge in [0.05, 0.1) is 23.6 Å². The molecule has 1 aliphatic carbocycles. The molecule has 1 aliphatic rings. The van der Waals surface area contributed by atoms with E-state index in [9.17, 15) is 5.11 Å². The van der Waals surface area contributed by atoms with E-state index >= 15 is 0 Å². The van der Waals surface area contributed by atoms with Crippen molar-refractivity contribution >= 4 is 5.69 Å². The van der Waals surface area contributed by atoms with E-state index in [0.29, 0.717) is 25.3 Å². The number of pyridine rings is 1. The summed E-state index contributed by atoms with van der Waals surface area (Å²) in [5, 5.41) is 22.6. The Morgan fingerprint density at radius 1 is 1.55 bits per heavy atom. The minimum Gasteiger partial charge on any atom is -0.387 e. The summed E-state index contributed by atoms with van der Waals surface area (Å²) >= 11 is 0. The highest BCUT2D eigenvalue weighted by atomic mass is 16.5. The van der Waals surface area contributed by atoms with E-state index in [1.54, 1.807) is 18.3 Å². The van der Waals surface area contributed by atoms with Gasteiger partial charge in [-0.15, -0.1) is 0 Å². The Morgan fingerprint density at radius 2 is 2.30 bits per heavy atom. The average Bonchev–Trinajstić information content (AvgIpc) is 2.45. The SMILES string of the molecule is CCO[C@H]1C[C@](O)(CNc2ccc(C#N)nc2)C1(C)C. The monoisotopic (exact) mass is 275 g/mol. The number of rotatable bonds is 5. The molecule has 5 nitrogen and oxygen atoms in total. The zero-order valence-corrected chi connectivity index (χ0v) is 12.2. The zero-order valence-electron chi connectivity index (χ0n) is 12.2. The second-order valence-corrected chi connectivity index (χ2v) is 5.80. The lowest BCUT2D eigenvalue weighted by Crippen LogP contribution is -2.67. The van der Waals surface area contributed by atoms with Gasteiger partial charge in [-0.25, -0.2) is 4.98 Å². The highest BCUT2D eigenvalue weighted by molar-refractivity contribution is 5.43. The molecule has 108 valence electrons. The largest absolute Gasteiger partial charge is 0.387 e. The lowest BCUT2D eigenvalue weighted by atomic mass is 9.56. The molecule has 0 aromatic carbocycles. The Bertz CT molecular complexity index is 507. The third kappa shape index (κ3) is 2.49. The van der Waals surface area contributed by atoms with Crippen molar-refractivity contribution in [2.75, 3.05) is 18.5 Å². The predicted octanol–water partition coefficient (Wildman–Crippen LogP) is 1.93. The van der Waals surface area contributed by atoms with Gasteiger partial charge in [0.15, 0.2) is 0 Å². The number of hydrogen-bond acceptors (Lipinski definition) is 5. The highest BCUT2D eigenvalue weighted by Crippen LogP contribution is 2.51. The number of nitrogens with zero attached hydrogens (tertiary/aromatic N) is 2. The van der Waals surface area contributed by atoms with Crippen molar-refractivity contribution in [3.63, 3.8) is 0 Å². The fourth-order valence-corrected chi connectivity index (χ4v) is 2.57. The van der Waals surface area contributed by atoms with E-state index in [4.69, 9.17) is 10.00 Å². The number of hydrogen-bond donors (Lipinski definition) is 2. The van der Waals surface area contributed by atoms with Crippen LogP contribution in [0, 0.1) is 16.7 Å². The van der Waals surface area contributed by atoms with E-state index in [1.165, 1.54) is 0 Å². The van der Waals surface area contributed by atoms with E-state index in [1.807, 2.05) is 26.8 Å². The number of anilines is 1. The Labute approximate surface area is 119 Å². The van der Waals surface area contributed by atoms with Crippen LogP contribution in [0.5, 0.6) is 0 Å². The topological polar surface area (TPSA) is 78.2 Å². The maximum atomic E-state index is 10.7. The number of ether oxygens (including phenoxy) is 1. The Morgan fingerprint density at radius 3 is 2.80 bits per heavy atom. The summed E-state index contributed by atoms with van der Waals surface area (Å²) in [4.78, 5) is 3.99. The second-order valence-electron chi connectivity index (χ2n) is 5.80. The van der Waals surface area contributed by atoms with Crippen molar-refractivity contribution in [2.24, 2.45) is 5.41 Å². The summed E-state index contributed by atoms with van der Waals surface area (Å²) in [6.45, 7) is 7.12. The summed E-state index contributed by atoms with van der Waals surface area (Å²) in [5.74, 6) is 0. The van der Waals surface area contributed by atoms with Crippen molar-refractivity contribution in [3.8, 4) is 6.07 Å². The van der Waals surface area contributed by atoms with Crippen LogP contribution in [0.2, 0.25) is 0 Å². The molecule has 2 N–H and O–H groups in total. The molecule has 0 radical (unpaired) electrons. The molecule has 1 heterocycles. The minimum atomic E-state index is -0.791. The summed E-state index contributed by atoms with van der Waals surface area (Å²) in [5.41, 5.74) is 0.110. The molecule has 1 saturated carbocycles. The molecule has 0 amide bonds. The maximum Gasteiger partial charge on any atom is 0.140 e. The molecule has 0 spiro atoms. The lowest BCUT2D eigenvalue weighted by Gasteiger charge is -2.58. The fourth-order valence-electron chi connectivity index (χ4n) is 2.57. The van der Waals surface area contributed by atoms with Crippen LogP contribution >= 0.6 is 0 Å². The molecular formula is C15H21N3O2. The van der Waals surface area contributed by atoms with Crippen LogP contribution in [0.1, 0.15) is 32.9 Å². The Hall–Kier alpha value is -1.64. The lowest BCUT2D eigenvalue weighted by molar-refractivity contribution is -0.233. The fraction of sp³-hybridized carbons (Fsp3) is 0.600. The molecule has 1 fully saturated rings. The molecule has 20 heavy (non-hydrogen) atoms. The zero-order chi connectivity index (χ0) is 14.8. The summed E-state index contributed by atoms with van der Waals surface area (Å²) in [7, 11) is 0. The van der Waals surface area contributed by atoms with Gasteiger partial charge in [-0.3, -0.25) is 0 Å². The average molecular weight is 275 g/mol. The van der Waals surface area contributed by atoms with Gasteiger partial charge in [-0.1, -0.05) is 13.8 Å². The summed E-state index contributed by atoms with van der Waals surface area (Å²) in [6.07, 6.45) is 2.33. The number of aromatic nitrogens is 1. The molecule has 0 bridgehead atoms. The van der Waals surface area contributed by atoms with Gasteiger partial charge < -0.3 is 15.2 Å². The van der Waals surface area contributed by atoms with Crippen molar-refractivity contribution in [1.82, 2.24) is 4.98 Å². The third-order valence-electron chi connectivity index (χ3n) is 4.36. The summed E-state index contributed by atoms with van der Waals surface area (Å²) < 4.78 is 5.63. The van der Waals surface area contributed by atoms with Crippen LogP contribution in [-0.2, 0) is 4.74 Å². The maximum absolute atomic E-state index is 10.7. The van der Waals surface area contributed by atoms with Crippen molar-refractivity contribution < 1.29 is 9.84 Å². The highest BCUT2D eigenvalue weighted by Gasteiger charge is 2.59. The number of aliphatic hydroxyl groups is 1. The van der Waals surface area contributed by atoms with Gasteiger partial charge in [0.25, 0.3) is 0 Å². The van der Waals surface area contributed by atoms with Gasteiger partial charge in [0.1, 0.15) is 11.8 Å². The second kappa shape index (κ2) is 5.39. The Balaban J connectivity index is 1.95. The molecular weight excluding hydrogens is 254 g/mol. The molecule has 1 aromatic rings. The van der Waals surface area contributed by atoms with Gasteiger partial charge in [0.2, 0.25) is 0 Å². The van der Waals surface area contributed by atoms with Crippen LogP contribution in [0.25, 0.3) is 0 Å². The van der Waals surface area contributed by atoms with Gasteiger partial charge in [-0.05, 0) is 19.1 Å². The standard InChI is InChI=1S/C15H21N3O2/c1-4-20-13-7-15(19,14(13,2)3)10-18-12-6-5-11(8-16)17-9-12/h5-6,9,13,18-19H,4,7,10H2,1-3H3/t13-,15-/m0/s1. The smallest absolute Gasteiger partial charge is 0.140 e. The van der Waals surface area contributed by atoms with Crippen LogP contribution in [0.4, 0.5) is 5.69 Å². The molecule has 1 aromatic heterocycles. The predicted molar refractivity (Wildman–Crippen MR) is 76.2 cm³/mol. The van der Waals surface area contributed by atoms with Crippen LogP contribution in [0.3, 0.4) is 0 Å².